The molecule has 0 radical (unpaired) electrons. The van der Waals surface area contributed by atoms with E-state index in [-0.39, 0.29) is 17.5 Å². The summed E-state index contributed by atoms with van der Waals surface area (Å²) < 4.78 is 0. The Morgan fingerprint density at radius 3 is 2.55 bits per heavy atom. The molecule has 0 aliphatic heterocycles. The van der Waals surface area contributed by atoms with Crippen molar-refractivity contribution >= 4 is 5.78 Å². The number of Topliss-reactive ketones (excluding diaryl/α,β-unsaturated/α-hetero) is 1. The predicted octanol–water partition coefficient (Wildman–Crippen LogP) is 2.45. The molecular formula is C9H16O2. The third kappa shape index (κ3) is 5.64. The van der Waals surface area contributed by atoms with Crippen LogP contribution in [0.5, 0.6) is 0 Å². The third-order valence-electron chi connectivity index (χ3n) is 1.73. The lowest BCUT2D eigenvalue weighted by atomic mass is 10.0. The fraction of sp³-hybridized carbons (Fsp3) is 0.667. The first kappa shape index (κ1) is 10.2. The second-order valence-electron chi connectivity index (χ2n) is 2.99. The third-order valence-corrected chi connectivity index (χ3v) is 1.73. The molecule has 11 heavy (non-hydrogen) atoms. The van der Waals surface area contributed by atoms with Gasteiger partial charge in [-0.05, 0) is 19.8 Å². The van der Waals surface area contributed by atoms with Gasteiger partial charge in [0, 0.05) is 12.3 Å². The first-order valence-electron chi connectivity index (χ1n) is 3.91. The standard InChI is InChI=1S/C9H16O2/c1-7(9(3)11)5-4-6-8(2)10/h7,11H,3-6H2,1-2H3. The van der Waals surface area contributed by atoms with Crippen LogP contribution in [-0.4, -0.2) is 10.9 Å². The van der Waals surface area contributed by atoms with Crippen molar-refractivity contribution in [1.29, 1.82) is 0 Å². The molecule has 2 heteroatoms. The van der Waals surface area contributed by atoms with Crippen LogP contribution in [0.4, 0.5) is 0 Å². The average Bonchev–Trinajstić information content (AvgIpc) is 1.86. The second-order valence-corrected chi connectivity index (χ2v) is 2.99. The van der Waals surface area contributed by atoms with E-state index in [1.165, 1.54) is 0 Å². The number of ketones is 1. The molecule has 0 aromatic carbocycles. The minimum Gasteiger partial charge on any atom is -0.513 e. The SMILES string of the molecule is C=C(O)C(C)CCCC(C)=O. The van der Waals surface area contributed by atoms with Crippen molar-refractivity contribution in [2.75, 3.05) is 0 Å². The number of hydrogen-bond donors (Lipinski definition) is 1. The monoisotopic (exact) mass is 156 g/mol. The fourth-order valence-corrected chi connectivity index (χ4v) is 0.824. The van der Waals surface area contributed by atoms with Crippen LogP contribution in [0.2, 0.25) is 0 Å². The van der Waals surface area contributed by atoms with Crippen LogP contribution in [0.15, 0.2) is 12.3 Å². The summed E-state index contributed by atoms with van der Waals surface area (Å²) in [6.45, 7) is 6.91. The van der Waals surface area contributed by atoms with Crippen LogP contribution in [0.1, 0.15) is 33.1 Å². The van der Waals surface area contributed by atoms with Crippen LogP contribution in [0.3, 0.4) is 0 Å². The molecule has 0 rings (SSSR count). The molecule has 0 heterocycles. The Hall–Kier alpha value is -0.790. The minimum atomic E-state index is 0.120. The summed E-state index contributed by atoms with van der Waals surface area (Å²) in [7, 11) is 0. The molecule has 0 bridgehead atoms. The summed E-state index contributed by atoms with van der Waals surface area (Å²) in [5.74, 6) is 0.545. The van der Waals surface area contributed by atoms with Crippen LogP contribution in [0, 0.1) is 5.92 Å². The van der Waals surface area contributed by atoms with Crippen molar-refractivity contribution < 1.29 is 9.90 Å². The molecule has 1 N–H and O–H groups in total. The van der Waals surface area contributed by atoms with E-state index >= 15 is 0 Å². The maximum Gasteiger partial charge on any atom is 0.129 e. The molecular weight excluding hydrogens is 140 g/mol. The van der Waals surface area contributed by atoms with Gasteiger partial charge in [0.05, 0.1) is 5.76 Å². The van der Waals surface area contributed by atoms with Crippen molar-refractivity contribution in [3.05, 3.63) is 12.3 Å². The van der Waals surface area contributed by atoms with Gasteiger partial charge in [-0.1, -0.05) is 13.5 Å². The summed E-state index contributed by atoms with van der Waals surface area (Å²) in [6.07, 6.45) is 2.29. The van der Waals surface area contributed by atoms with Crippen LogP contribution >= 0.6 is 0 Å². The summed E-state index contributed by atoms with van der Waals surface area (Å²) in [6, 6.07) is 0. The number of rotatable bonds is 5. The van der Waals surface area contributed by atoms with Gasteiger partial charge in [-0.25, -0.2) is 0 Å². The first-order chi connectivity index (χ1) is 5.04. The first-order valence-corrected chi connectivity index (χ1v) is 3.91. The summed E-state index contributed by atoms with van der Waals surface area (Å²) >= 11 is 0. The zero-order valence-electron chi connectivity index (χ0n) is 7.26. The second kappa shape index (κ2) is 4.94. The molecule has 0 aliphatic carbocycles. The van der Waals surface area contributed by atoms with E-state index in [0.717, 1.165) is 12.8 Å². The van der Waals surface area contributed by atoms with Crippen LogP contribution in [-0.2, 0) is 4.79 Å². The lowest BCUT2D eigenvalue weighted by Crippen LogP contribution is -1.99. The topological polar surface area (TPSA) is 37.3 Å². The normalized spacial score (nSPS) is 12.5. The maximum atomic E-state index is 10.5. The molecule has 0 saturated carbocycles. The van der Waals surface area contributed by atoms with Crippen LogP contribution in [0.25, 0.3) is 0 Å². The van der Waals surface area contributed by atoms with Crippen molar-refractivity contribution in [2.24, 2.45) is 5.92 Å². The highest BCUT2D eigenvalue weighted by atomic mass is 16.3. The predicted molar refractivity (Wildman–Crippen MR) is 45.5 cm³/mol. The molecule has 0 aliphatic rings. The smallest absolute Gasteiger partial charge is 0.129 e. The highest BCUT2D eigenvalue weighted by Gasteiger charge is 2.04. The van der Waals surface area contributed by atoms with Crippen molar-refractivity contribution in [3.63, 3.8) is 0 Å². The van der Waals surface area contributed by atoms with E-state index in [4.69, 9.17) is 5.11 Å². The van der Waals surface area contributed by atoms with E-state index < -0.39 is 0 Å². The maximum absolute atomic E-state index is 10.5. The Morgan fingerprint density at radius 1 is 1.64 bits per heavy atom. The van der Waals surface area contributed by atoms with E-state index in [1.54, 1.807) is 6.92 Å². The van der Waals surface area contributed by atoms with E-state index in [9.17, 15) is 4.79 Å². The van der Waals surface area contributed by atoms with Crippen molar-refractivity contribution in [1.82, 2.24) is 0 Å². The van der Waals surface area contributed by atoms with Gasteiger partial charge in [0.25, 0.3) is 0 Å². The van der Waals surface area contributed by atoms with Crippen LogP contribution < -0.4 is 0 Å². The molecule has 2 nitrogen and oxygen atoms in total. The molecule has 0 fully saturated rings. The Morgan fingerprint density at radius 2 is 2.18 bits per heavy atom. The van der Waals surface area contributed by atoms with Gasteiger partial charge in [0.2, 0.25) is 0 Å². The Kier molecular flexibility index (Phi) is 4.59. The van der Waals surface area contributed by atoms with Gasteiger partial charge in [-0.3, -0.25) is 0 Å². The number of allylic oxidation sites excluding steroid dienone is 1. The summed E-state index contributed by atoms with van der Waals surface area (Å²) in [5, 5.41) is 8.91. The average molecular weight is 156 g/mol. The number of carbonyl (C=O) groups excluding carboxylic acids is 1. The van der Waals surface area contributed by atoms with Gasteiger partial charge in [-0.15, -0.1) is 0 Å². The molecule has 1 atom stereocenters. The van der Waals surface area contributed by atoms with Gasteiger partial charge in [0.1, 0.15) is 5.78 Å². The number of aliphatic hydroxyl groups is 1. The van der Waals surface area contributed by atoms with Gasteiger partial charge < -0.3 is 9.90 Å². The van der Waals surface area contributed by atoms with E-state index in [2.05, 4.69) is 6.58 Å². The molecule has 0 aromatic rings. The van der Waals surface area contributed by atoms with Gasteiger partial charge in [-0.2, -0.15) is 0 Å². The Bertz CT molecular complexity index is 150. The summed E-state index contributed by atoms with van der Waals surface area (Å²) in [5.41, 5.74) is 0. The van der Waals surface area contributed by atoms with Crippen molar-refractivity contribution in [3.8, 4) is 0 Å². The largest absolute Gasteiger partial charge is 0.513 e. The molecule has 0 aromatic heterocycles. The lowest BCUT2D eigenvalue weighted by Gasteiger charge is -2.07. The lowest BCUT2D eigenvalue weighted by molar-refractivity contribution is -0.117. The number of hydrogen-bond acceptors (Lipinski definition) is 2. The minimum absolute atomic E-state index is 0.120. The highest BCUT2D eigenvalue weighted by molar-refractivity contribution is 5.75. The van der Waals surface area contributed by atoms with Crippen molar-refractivity contribution in [2.45, 2.75) is 33.1 Å². The highest BCUT2D eigenvalue weighted by Crippen LogP contribution is 2.13. The molecule has 0 amide bonds. The molecule has 0 spiro atoms. The fourth-order valence-electron chi connectivity index (χ4n) is 0.824. The zero-order valence-corrected chi connectivity index (χ0v) is 7.26. The van der Waals surface area contributed by atoms with Gasteiger partial charge in [0.15, 0.2) is 0 Å². The quantitative estimate of drug-likeness (QED) is 0.621. The number of aliphatic hydroxyl groups excluding tert-OH is 1. The molecule has 1 unspecified atom stereocenters. The molecule has 64 valence electrons. The van der Waals surface area contributed by atoms with E-state index in [1.807, 2.05) is 6.92 Å². The number of carbonyl (C=O) groups is 1. The Labute approximate surface area is 67.9 Å². The molecule has 0 saturated heterocycles. The zero-order chi connectivity index (χ0) is 8.85. The Balaban J connectivity index is 3.39. The van der Waals surface area contributed by atoms with E-state index in [0.29, 0.717) is 6.42 Å². The summed E-state index contributed by atoms with van der Waals surface area (Å²) in [4.78, 5) is 10.5. The van der Waals surface area contributed by atoms with Gasteiger partial charge >= 0.3 is 0 Å².